The van der Waals surface area contributed by atoms with Gasteiger partial charge in [-0.05, 0) is 56.5 Å². The van der Waals surface area contributed by atoms with Gasteiger partial charge >= 0.3 is 0 Å². The molecule has 2 aromatic rings. The number of halogens is 1. The molecule has 148 valence electrons. The number of aromatic nitrogens is 2. The zero-order valence-corrected chi connectivity index (χ0v) is 16.3. The average Bonchev–Trinajstić information content (AvgIpc) is 3.30. The van der Waals surface area contributed by atoms with Crippen molar-refractivity contribution in [2.45, 2.75) is 45.1 Å². The second kappa shape index (κ2) is 10.3. The third-order valence-corrected chi connectivity index (χ3v) is 4.77. The number of carbonyl (C=O) groups is 1. The zero-order valence-electron chi connectivity index (χ0n) is 15.5. The summed E-state index contributed by atoms with van der Waals surface area (Å²) in [6.45, 7) is 3.19. The predicted octanol–water partition coefficient (Wildman–Crippen LogP) is 2.73. The third kappa shape index (κ3) is 5.68. The van der Waals surface area contributed by atoms with E-state index < -0.39 is 0 Å². The highest BCUT2D eigenvalue weighted by atomic mass is 35.5. The average molecular weight is 395 g/mol. The number of nitrogens with two attached hydrogens (primary N) is 1. The van der Waals surface area contributed by atoms with Crippen molar-refractivity contribution < 1.29 is 14.1 Å². The quantitative estimate of drug-likeness (QED) is 0.713. The lowest BCUT2D eigenvalue weighted by molar-refractivity contribution is -0.122. The lowest BCUT2D eigenvalue weighted by Gasteiger charge is -2.19. The van der Waals surface area contributed by atoms with E-state index in [0.717, 1.165) is 30.6 Å². The topological polar surface area (TPSA) is 103 Å². The van der Waals surface area contributed by atoms with Gasteiger partial charge in [-0.2, -0.15) is 4.98 Å². The van der Waals surface area contributed by atoms with Gasteiger partial charge in [0.1, 0.15) is 5.75 Å². The highest BCUT2D eigenvalue weighted by Gasteiger charge is 2.27. The summed E-state index contributed by atoms with van der Waals surface area (Å²) in [6, 6.07) is 7.73. The first-order valence-electron chi connectivity index (χ1n) is 9.25. The van der Waals surface area contributed by atoms with Crippen LogP contribution in [0.1, 0.15) is 38.5 Å². The molecule has 3 N–H and O–H groups in total. The van der Waals surface area contributed by atoms with Crippen LogP contribution in [-0.2, 0) is 11.2 Å². The number of amides is 1. The number of rotatable bonds is 8. The number of nitrogens with zero attached hydrogens (tertiary/aromatic N) is 2. The van der Waals surface area contributed by atoms with Crippen molar-refractivity contribution in [2.75, 3.05) is 13.2 Å². The van der Waals surface area contributed by atoms with Crippen molar-refractivity contribution in [3.63, 3.8) is 0 Å². The van der Waals surface area contributed by atoms with Gasteiger partial charge in [-0.25, -0.2) is 0 Å². The number of hydrogen-bond acceptors (Lipinski definition) is 6. The molecule has 1 aromatic carbocycles. The van der Waals surface area contributed by atoms with E-state index in [0.29, 0.717) is 43.6 Å². The molecule has 0 radical (unpaired) electrons. The minimum atomic E-state index is 0. The van der Waals surface area contributed by atoms with E-state index in [1.807, 2.05) is 31.2 Å². The molecule has 3 rings (SSSR count). The van der Waals surface area contributed by atoms with Crippen LogP contribution in [-0.4, -0.2) is 35.2 Å². The van der Waals surface area contributed by atoms with E-state index in [4.69, 9.17) is 15.0 Å². The van der Waals surface area contributed by atoms with Gasteiger partial charge in [0, 0.05) is 24.4 Å². The number of nitrogens with one attached hydrogen (secondary N) is 1. The molecule has 1 heterocycles. The van der Waals surface area contributed by atoms with Gasteiger partial charge in [0.15, 0.2) is 0 Å². The maximum atomic E-state index is 12.2. The highest BCUT2D eigenvalue weighted by molar-refractivity contribution is 5.85. The number of carbonyl (C=O) groups excluding carboxylic acids is 1. The van der Waals surface area contributed by atoms with Crippen LogP contribution in [0.4, 0.5) is 0 Å². The van der Waals surface area contributed by atoms with Gasteiger partial charge < -0.3 is 20.3 Å². The monoisotopic (exact) mass is 394 g/mol. The molecule has 0 spiro atoms. The smallest absolute Gasteiger partial charge is 0.227 e. The van der Waals surface area contributed by atoms with Gasteiger partial charge in [-0.1, -0.05) is 11.6 Å². The summed E-state index contributed by atoms with van der Waals surface area (Å²) in [5, 5.41) is 7.08. The fourth-order valence-corrected chi connectivity index (χ4v) is 3.35. The van der Waals surface area contributed by atoms with Gasteiger partial charge in [-0.15, -0.1) is 12.4 Å². The summed E-state index contributed by atoms with van der Waals surface area (Å²) in [6.07, 6.45) is 3.99. The SMILES string of the molecule is CCOc1ccc(-c2noc(CCC(=O)NC3CCCC3CN)n2)cc1.Cl. The largest absolute Gasteiger partial charge is 0.494 e. The van der Waals surface area contributed by atoms with Crippen molar-refractivity contribution in [1.29, 1.82) is 0 Å². The first-order chi connectivity index (χ1) is 12.7. The van der Waals surface area contributed by atoms with Crippen LogP contribution in [0.2, 0.25) is 0 Å². The molecule has 1 saturated carbocycles. The number of ether oxygens (including phenoxy) is 1. The third-order valence-electron chi connectivity index (χ3n) is 4.77. The van der Waals surface area contributed by atoms with Crippen LogP contribution < -0.4 is 15.8 Å². The Kier molecular flexibility index (Phi) is 8.06. The minimum absolute atomic E-state index is 0. The number of hydrogen-bond donors (Lipinski definition) is 2. The van der Waals surface area contributed by atoms with E-state index in [2.05, 4.69) is 15.5 Å². The van der Waals surface area contributed by atoms with Gasteiger partial charge in [0.05, 0.1) is 6.61 Å². The van der Waals surface area contributed by atoms with Crippen LogP contribution in [0.5, 0.6) is 5.75 Å². The summed E-state index contributed by atoms with van der Waals surface area (Å²) in [4.78, 5) is 16.5. The molecule has 2 atom stereocenters. The van der Waals surface area contributed by atoms with Crippen LogP contribution in [0, 0.1) is 5.92 Å². The Morgan fingerprint density at radius 2 is 2.11 bits per heavy atom. The normalized spacial score (nSPS) is 18.7. The lowest BCUT2D eigenvalue weighted by atomic mass is 10.0. The van der Waals surface area contributed by atoms with E-state index >= 15 is 0 Å². The van der Waals surface area contributed by atoms with Crippen molar-refractivity contribution in [2.24, 2.45) is 11.7 Å². The molecule has 1 aliphatic rings. The van der Waals surface area contributed by atoms with Crippen molar-refractivity contribution in [1.82, 2.24) is 15.5 Å². The number of benzene rings is 1. The highest BCUT2D eigenvalue weighted by Crippen LogP contribution is 2.24. The molecular weight excluding hydrogens is 368 g/mol. The standard InChI is InChI=1S/C19H26N4O3.ClH/c1-2-25-15-8-6-13(7-9-15)19-22-18(26-23-19)11-10-17(24)21-16-5-3-4-14(16)12-20;/h6-9,14,16H,2-5,10-12,20H2,1H3,(H,21,24);1H. The molecule has 0 saturated heterocycles. The first kappa shape index (κ1) is 21.2. The van der Waals surface area contributed by atoms with E-state index in [9.17, 15) is 4.79 Å². The fourth-order valence-electron chi connectivity index (χ4n) is 3.35. The molecule has 8 heteroatoms. The lowest BCUT2D eigenvalue weighted by Crippen LogP contribution is -2.39. The fraction of sp³-hybridized carbons (Fsp3) is 0.526. The predicted molar refractivity (Wildman–Crippen MR) is 105 cm³/mol. The second-order valence-corrected chi connectivity index (χ2v) is 6.57. The zero-order chi connectivity index (χ0) is 18.4. The Balaban J connectivity index is 0.00000261. The molecule has 1 amide bonds. The van der Waals surface area contributed by atoms with E-state index in [1.54, 1.807) is 0 Å². The Morgan fingerprint density at radius 3 is 2.81 bits per heavy atom. The molecule has 27 heavy (non-hydrogen) atoms. The van der Waals surface area contributed by atoms with Crippen molar-refractivity contribution in [3.05, 3.63) is 30.2 Å². The number of aryl methyl sites for hydroxylation is 1. The van der Waals surface area contributed by atoms with E-state index in [1.165, 1.54) is 0 Å². The van der Waals surface area contributed by atoms with Gasteiger partial charge in [0.2, 0.25) is 17.6 Å². The molecule has 2 unspecified atom stereocenters. The van der Waals surface area contributed by atoms with Gasteiger partial charge in [-0.3, -0.25) is 4.79 Å². The molecule has 1 aromatic heterocycles. The van der Waals surface area contributed by atoms with E-state index in [-0.39, 0.29) is 24.4 Å². The Hall–Kier alpha value is -2.12. The van der Waals surface area contributed by atoms with Crippen molar-refractivity contribution >= 4 is 18.3 Å². The van der Waals surface area contributed by atoms with Crippen LogP contribution in [0.3, 0.4) is 0 Å². The summed E-state index contributed by atoms with van der Waals surface area (Å²) in [5.41, 5.74) is 6.61. The first-order valence-corrected chi connectivity index (χ1v) is 9.25. The van der Waals surface area contributed by atoms with Crippen LogP contribution in [0.25, 0.3) is 11.4 Å². The molecule has 1 aliphatic carbocycles. The summed E-state index contributed by atoms with van der Waals surface area (Å²) in [5.74, 6) is 2.19. The second-order valence-electron chi connectivity index (χ2n) is 6.57. The van der Waals surface area contributed by atoms with Gasteiger partial charge in [0.25, 0.3) is 0 Å². The van der Waals surface area contributed by atoms with Crippen molar-refractivity contribution in [3.8, 4) is 17.1 Å². The Bertz CT molecular complexity index is 720. The van der Waals surface area contributed by atoms with Crippen LogP contribution in [0.15, 0.2) is 28.8 Å². The molecule has 0 bridgehead atoms. The summed E-state index contributed by atoms with van der Waals surface area (Å²) in [7, 11) is 0. The van der Waals surface area contributed by atoms with Crippen LogP contribution >= 0.6 is 12.4 Å². The molecule has 0 aliphatic heterocycles. The maximum Gasteiger partial charge on any atom is 0.227 e. The molecule has 1 fully saturated rings. The maximum absolute atomic E-state index is 12.2. The molecule has 7 nitrogen and oxygen atoms in total. The Labute approximate surface area is 165 Å². The molecular formula is C19H27ClN4O3. The summed E-state index contributed by atoms with van der Waals surface area (Å²) < 4.78 is 10.7. The summed E-state index contributed by atoms with van der Waals surface area (Å²) >= 11 is 0. The Morgan fingerprint density at radius 1 is 1.33 bits per heavy atom. The minimum Gasteiger partial charge on any atom is -0.494 e.